The maximum atomic E-state index is 13.2. The maximum Gasteiger partial charge on any atom is 0.251 e. The smallest absolute Gasteiger partial charge is 0.251 e. The van der Waals surface area contributed by atoms with Crippen LogP contribution in [0.3, 0.4) is 0 Å². The fourth-order valence-corrected chi connectivity index (χ4v) is 4.16. The number of fused-ring (bicyclic) bond motifs is 2. The Labute approximate surface area is 130 Å². The van der Waals surface area contributed by atoms with Crippen LogP contribution >= 0.6 is 0 Å². The van der Waals surface area contributed by atoms with Gasteiger partial charge in [-0.25, -0.2) is 9.45 Å². The van der Waals surface area contributed by atoms with E-state index in [1.807, 2.05) is 12.1 Å². The van der Waals surface area contributed by atoms with E-state index in [2.05, 4.69) is 11.9 Å². The van der Waals surface area contributed by atoms with Gasteiger partial charge in [0.15, 0.2) is 0 Å². The van der Waals surface area contributed by atoms with E-state index in [4.69, 9.17) is 4.84 Å². The predicted octanol–water partition coefficient (Wildman–Crippen LogP) is 2.41. The predicted molar refractivity (Wildman–Crippen MR) is 81.6 cm³/mol. The third-order valence-electron chi connectivity index (χ3n) is 5.44. The molecule has 2 saturated heterocycles. The Hall–Kier alpha value is -1.46. The zero-order valence-electron chi connectivity index (χ0n) is 13.3. The number of benzene rings is 1. The van der Waals surface area contributed by atoms with E-state index in [0.29, 0.717) is 6.04 Å². The van der Waals surface area contributed by atoms with Crippen molar-refractivity contribution >= 4 is 5.91 Å². The number of carbonyl (C=O) groups excluding carboxylic acids is 1. The van der Waals surface area contributed by atoms with Gasteiger partial charge in [0.2, 0.25) is 0 Å². The number of hydroxylamine groups is 2. The summed E-state index contributed by atoms with van der Waals surface area (Å²) in [6.07, 6.45) is 3.10. The molecular weight excluding hydrogens is 283 g/mol. The van der Waals surface area contributed by atoms with Crippen LogP contribution in [0.2, 0.25) is 0 Å². The molecule has 2 aliphatic heterocycles. The van der Waals surface area contributed by atoms with Crippen LogP contribution in [0.15, 0.2) is 24.3 Å². The van der Waals surface area contributed by atoms with Crippen molar-refractivity contribution in [1.82, 2.24) is 9.96 Å². The van der Waals surface area contributed by atoms with Gasteiger partial charge >= 0.3 is 0 Å². The van der Waals surface area contributed by atoms with E-state index in [1.165, 1.54) is 24.3 Å². The van der Waals surface area contributed by atoms with Crippen molar-refractivity contribution in [3.05, 3.63) is 35.6 Å². The lowest BCUT2D eigenvalue weighted by atomic mass is 9.75. The van der Waals surface area contributed by atoms with Crippen LogP contribution < -0.4 is 0 Å². The molecule has 0 radical (unpaired) electrons. The Kier molecular flexibility index (Phi) is 4.19. The van der Waals surface area contributed by atoms with Gasteiger partial charge in [-0.2, -0.15) is 0 Å². The fourth-order valence-electron chi connectivity index (χ4n) is 4.16. The van der Waals surface area contributed by atoms with Gasteiger partial charge in [0, 0.05) is 19.1 Å². The second-order valence-corrected chi connectivity index (χ2v) is 6.40. The van der Waals surface area contributed by atoms with Gasteiger partial charge in [0.25, 0.3) is 5.91 Å². The number of carbonyl (C=O) groups is 1. The second kappa shape index (κ2) is 5.97. The van der Waals surface area contributed by atoms with E-state index < -0.39 is 0 Å². The second-order valence-electron chi connectivity index (χ2n) is 6.40. The van der Waals surface area contributed by atoms with Crippen LogP contribution in [0.5, 0.6) is 0 Å². The van der Waals surface area contributed by atoms with Gasteiger partial charge in [-0.15, -0.1) is 0 Å². The Morgan fingerprint density at radius 2 is 2.00 bits per heavy atom. The summed E-state index contributed by atoms with van der Waals surface area (Å²) in [5.74, 6) is -0.246. The highest BCUT2D eigenvalue weighted by Crippen LogP contribution is 2.46. The van der Waals surface area contributed by atoms with Gasteiger partial charge in [0.05, 0.1) is 13.0 Å². The summed E-state index contributed by atoms with van der Waals surface area (Å²) in [7, 11) is 5.27. The van der Waals surface area contributed by atoms with Crippen molar-refractivity contribution in [2.45, 2.75) is 37.3 Å². The molecule has 3 rings (SSSR count). The van der Waals surface area contributed by atoms with Gasteiger partial charge < -0.3 is 0 Å². The van der Waals surface area contributed by atoms with Crippen molar-refractivity contribution in [2.24, 2.45) is 5.92 Å². The van der Waals surface area contributed by atoms with Gasteiger partial charge in [-0.05, 0) is 49.9 Å². The van der Waals surface area contributed by atoms with Crippen LogP contribution in [-0.2, 0) is 9.63 Å². The van der Waals surface area contributed by atoms with Crippen LogP contribution in [0.25, 0.3) is 0 Å². The van der Waals surface area contributed by atoms with E-state index in [-0.39, 0.29) is 29.6 Å². The monoisotopic (exact) mass is 306 g/mol. The molecule has 0 spiro atoms. The summed E-state index contributed by atoms with van der Waals surface area (Å²) in [5, 5.41) is 1.33. The molecule has 1 amide bonds. The molecule has 0 N–H and O–H groups in total. The van der Waals surface area contributed by atoms with Gasteiger partial charge in [-0.1, -0.05) is 12.1 Å². The zero-order valence-corrected chi connectivity index (χ0v) is 13.3. The minimum Gasteiger partial charge on any atom is -0.300 e. The molecular formula is C17H23FN2O2. The quantitative estimate of drug-likeness (QED) is 0.804. The van der Waals surface area contributed by atoms with Crippen molar-refractivity contribution < 1.29 is 14.0 Å². The van der Waals surface area contributed by atoms with Crippen LogP contribution in [0.1, 0.15) is 30.7 Å². The third kappa shape index (κ3) is 2.52. The molecule has 2 aliphatic rings. The molecule has 5 heteroatoms. The van der Waals surface area contributed by atoms with E-state index in [0.717, 1.165) is 24.8 Å². The number of amides is 1. The number of hydrogen-bond donors (Lipinski definition) is 0. The topological polar surface area (TPSA) is 32.8 Å². The lowest BCUT2D eigenvalue weighted by Crippen LogP contribution is -2.51. The first-order chi connectivity index (χ1) is 10.5. The third-order valence-corrected chi connectivity index (χ3v) is 5.44. The fraction of sp³-hybridized carbons (Fsp3) is 0.588. The Bertz CT molecular complexity index is 548. The number of nitrogens with zero attached hydrogens (tertiary/aromatic N) is 2. The number of piperidine rings is 1. The highest BCUT2D eigenvalue weighted by Gasteiger charge is 2.49. The minimum atomic E-state index is -0.239. The van der Waals surface area contributed by atoms with E-state index in [9.17, 15) is 9.18 Å². The van der Waals surface area contributed by atoms with Crippen LogP contribution in [0.4, 0.5) is 4.39 Å². The molecule has 4 nitrogen and oxygen atoms in total. The van der Waals surface area contributed by atoms with Gasteiger partial charge in [0.1, 0.15) is 5.82 Å². The largest absolute Gasteiger partial charge is 0.300 e. The number of hydrogen-bond acceptors (Lipinski definition) is 3. The molecule has 2 unspecified atom stereocenters. The molecule has 4 atom stereocenters. The van der Waals surface area contributed by atoms with E-state index in [1.54, 1.807) is 7.05 Å². The first-order valence-corrected chi connectivity index (χ1v) is 7.82. The molecule has 22 heavy (non-hydrogen) atoms. The Morgan fingerprint density at radius 3 is 2.64 bits per heavy atom. The Balaban J connectivity index is 1.95. The molecule has 0 saturated carbocycles. The van der Waals surface area contributed by atoms with Crippen LogP contribution in [0, 0.1) is 11.7 Å². The van der Waals surface area contributed by atoms with E-state index >= 15 is 0 Å². The first kappa shape index (κ1) is 15.4. The Morgan fingerprint density at radius 1 is 1.32 bits per heavy atom. The molecule has 2 bridgehead atoms. The van der Waals surface area contributed by atoms with Crippen molar-refractivity contribution in [3.8, 4) is 0 Å². The lowest BCUT2D eigenvalue weighted by molar-refractivity contribution is -0.177. The summed E-state index contributed by atoms with van der Waals surface area (Å²) >= 11 is 0. The molecule has 0 aliphatic carbocycles. The highest BCUT2D eigenvalue weighted by atomic mass is 19.1. The normalized spacial score (nSPS) is 31.3. The summed E-state index contributed by atoms with van der Waals surface area (Å²) < 4.78 is 13.2. The van der Waals surface area contributed by atoms with Crippen molar-refractivity contribution in [3.63, 3.8) is 0 Å². The summed E-state index contributed by atoms with van der Waals surface area (Å²) in [6.45, 7) is 0. The average Bonchev–Trinajstić information content (AvgIpc) is 2.76. The molecule has 120 valence electrons. The summed E-state index contributed by atoms with van der Waals surface area (Å²) in [5.41, 5.74) is 1.05. The highest BCUT2D eigenvalue weighted by molar-refractivity contribution is 5.80. The molecule has 2 fully saturated rings. The van der Waals surface area contributed by atoms with Crippen LogP contribution in [-0.4, -0.2) is 49.2 Å². The molecule has 1 aromatic rings. The summed E-state index contributed by atoms with van der Waals surface area (Å²) in [6, 6.07) is 7.35. The lowest BCUT2D eigenvalue weighted by Gasteiger charge is -2.43. The standard InChI is InChI=1S/C17H23FN2O2/c1-19-13-8-9-15(19)16(17(21)20(2)22-3)14(10-13)11-4-6-12(18)7-5-11/h4-7,13-16H,8-10H2,1-3H3/t13?,14-,15?,16+/m1/s1. The number of rotatable bonds is 3. The SMILES string of the molecule is CON(C)C(=O)[C@@H]1C2CCC(C[C@@H]1c1ccc(F)cc1)N2C. The molecule has 0 aromatic heterocycles. The number of halogens is 1. The molecule has 1 aromatic carbocycles. The average molecular weight is 306 g/mol. The van der Waals surface area contributed by atoms with Gasteiger partial charge in [-0.3, -0.25) is 14.5 Å². The zero-order chi connectivity index (χ0) is 15.9. The minimum absolute atomic E-state index is 0.00836. The van der Waals surface area contributed by atoms with Crippen molar-refractivity contribution in [2.75, 3.05) is 21.2 Å². The first-order valence-electron chi connectivity index (χ1n) is 7.82. The maximum absolute atomic E-state index is 13.2. The van der Waals surface area contributed by atoms with Crippen molar-refractivity contribution in [1.29, 1.82) is 0 Å². The summed E-state index contributed by atoms with van der Waals surface area (Å²) in [4.78, 5) is 20.3. The molecule has 2 heterocycles.